The summed E-state index contributed by atoms with van der Waals surface area (Å²) < 4.78 is 13.4. The van der Waals surface area contributed by atoms with Crippen LogP contribution in [0.25, 0.3) is 0 Å². The van der Waals surface area contributed by atoms with E-state index in [-0.39, 0.29) is 48.6 Å². The summed E-state index contributed by atoms with van der Waals surface area (Å²) in [6.45, 7) is 2.01. The van der Waals surface area contributed by atoms with Crippen LogP contribution in [0.15, 0.2) is 48.5 Å². The van der Waals surface area contributed by atoms with Crippen LogP contribution in [0, 0.1) is 18.7 Å². The van der Waals surface area contributed by atoms with E-state index < -0.39 is 0 Å². The van der Waals surface area contributed by atoms with E-state index in [0.29, 0.717) is 0 Å². The Bertz CT molecular complexity index is 996. The first-order valence-electron chi connectivity index (χ1n) is 11.2. The van der Waals surface area contributed by atoms with Crippen LogP contribution in [0.3, 0.4) is 0 Å². The molecule has 1 saturated carbocycles. The lowest BCUT2D eigenvalue weighted by atomic mass is 9.80. The van der Waals surface area contributed by atoms with Crippen molar-refractivity contribution < 1.29 is 14.0 Å². The number of aryl methyl sites for hydroxylation is 1. The van der Waals surface area contributed by atoms with Crippen LogP contribution < -0.4 is 16.1 Å². The molecule has 2 aliphatic heterocycles. The molecule has 2 aromatic carbocycles. The number of hydrogen-bond donors (Lipinski definition) is 3. The highest BCUT2D eigenvalue weighted by Gasteiger charge is 2.51. The molecule has 3 aliphatic rings. The Morgan fingerprint density at radius 1 is 1.09 bits per heavy atom. The quantitative estimate of drug-likeness (QED) is 0.684. The molecule has 3 amide bonds. The number of hydrogen-bond acceptors (Lipinski definition) is 4. The third-order valence-electron chi connectivity index (χ3n) is 6.78. The number of urea groups is 1. The highest BCUT2D eigenvalue weighted by atomic mass is 19.1. The summed E-state index contributed by atoms with van der Waals surface area (Å²) in [5, 5.41) is 8.06. The van der Waals surface area contributed by atoms with Crippen molar-refractivity contribution in [3.05, 3.63) is 65.5 Å². The van der Waals surface area contributed by atoms with Crippen molar-refractivity contribution >= 4 is 17.6 Å². The van der Waals surface area contributed by atoms with Crippen LogP contribution >= 0.6 is 0 Å². The predicted molar refractivity (Wildman–Crippen MR) is 119 cm³/mol. The van der Waals surface area contributed by atoms with E-state index in [1.54, 1.807) is 22.0 Å². The Morgan fingerprint density at radius 3 is 2.56 bits per heavy atom. The second kappa shape index (κ2) is 8.52. The normalized spacial score (nSPS) is 27.1. The van der Waals surface area contributed by atoms with Crippen molar-refractivity contribution in [3.63, 3.8) is 0 Å². The summed E-state index contributed by atoms with van der Waals surface area (Å²) in [6, 6.07) is 13.7. The highest BCUT2D eigenvalue weighted by Crippen LogP contribution is 2.39. The number of rotatable bonds is 4. The SMILES string of the molecule is Cc1ccc(NC(=O)CN2C(=O)N3NC(c4ccc(F)cc4)NC3C3CCCCC32)cc1. The van der Waals surface area contributed by atoms with E-state index in [9.17, 15) is 14.0 Å². The Kier molecular flexibility index (Phi) is 5.57. The molecule has 3 fully saturated rings. The first-order valence-corrected chi connectivity index (χ1v) is 11.2. The second-order valence-corrected chi connectivity index (χ2v) is 8.94. The molecule has 2 saturated heterocycles. The van der Waals surface area contributed by atoms with Gasteiger partial charge in [-0.05, 0) is 49.6 Å². The van der Waals surface area contributed by atoms with E-state index in [1.807, 2.05) is 31.2 Å². The molecule has 4 atom stereocenters. The minimum Gasteiger partial charge on any atom is -0.325 e. The number of fused-ring (bicyclic) bond motifs is 3. The summed E-state index contributed by atoms with van der Waals surface area (Å²) >= 11 is 0. The van der Waals surface area contributed by atoms with Gasteiger partial charge in [0.1, 0.15) is 24.7 Å². The van der Waals surface area contributed by atoms with Crippen molar-refractivity contribution in [1.82, 2.24) is 20.7 Å². The largest absolute Gasteiger partial charge is 0.336 e. The van der Waals surface area contributed by atoms with E-state index in [1.165, 1.54) is 12.1 Å². The summed E-state index contributed by atoms with van der Waals surface area (Å²) in [4.78, 5) is 27.9. The van der Waals surface area contributed by atoms with Gasteiger partial charge in [0.05, 0.1) is 0 Å². The molecule has 0 radical (unpaired) electrons. The topological polar surface area (TPSA) is 76.7 Å². The summed E-state index contributed by atoms with van der Waals surface area (Å²) in [5.74, 6) is -0.280. The third kappa shape index (κ3) is 3.96. The highest BCUT2D eigenvalue weighted by molar-refractivity contribution is 5.94. The molecular weight excluding hydrogens is 409 g/mol. The van der Waals surface area contributed by atoms with Crippen LogP contribution in [0.1, 0.15) is 43.0 Å². The van der Waals surface area contributed by atoms with Gasteiger partial charge < -0.3 is 10.2 Å². The van der Waals surface area contributed by atoms with Gasteiger partial charge in [0, 0.05) is 17.6 Å². The standard InChI is InChI=1S/C24H28FN5O2/c1-15-6-12-18(13-7-15)26-21(31)14-29-20-5-3-2-4-19(20)23-27-22(28-30(23)24(29)32)16-8-10-17(25)11-9-16/h6-13,19-20,22-23,27-28H,2-5,14H2,1H3,(H,26,31). The number of anilines is 1. The van der Waals surface area contributed by atoms with Gasteiger partial charge in [-0.15, -0.1) is 0 Å². The number of benzene rings is 2. The Morgan fingerprint density at radius 2 is 1.81 bits per heavy atom. The molecule has 2 aromatic rings. The summed E-state index contributed by atoms with van der Waals surface area (Å²) in [5.41, 5.74) is 5.95. The Hall–Kier alpha value is -2.97. The lowest BCUT2D eigenvalue weighted by Gasteiger charge is -2.49. The average Bonchev–Trinajstić information content (AvgIpc) is 3.25. The van der Waals surface area contributed by atoms with E-state index in [0.717, 1.165) is 42.5 Å². The van der Waals surface area contributed by atoms with Gasteiger partial charge in [-0.25, -0.2) is 19.6 Å². The van der Waals surface area contributed by atoms with Gasteiger partial charge in [-0.1, -0.05) is 42.7 Å². The molecule has 0 bridgehead atoms. The van der Waals surface area contributed by atoms with Crippen molar-refractivity contribution in [3.8, 4) is 0 Å². The molecule has 168 valence electrons. The van der Waals surface area contributed by atoms with Crippen molar-refractivity contribution in [2.45, 2.75) is 51.0 Å². The monoisotopic (exact) mass is 437 g/mol. The zero-order chi connectivity index (χ0) is 22.2. The lowest BCUT2D eigenvalue weighted by molar-refractivity contribution is -0.118. The van der Waals surface area contributed by atoms with E-state index in [4.69, 9.17) is 0 Å². The van der Waals surface area contributed by atoms with Crippen molar-refractivity contribution in [2.75, 3.05) is 11.9 Å². The predicted octanol–water partition coefficient (Wildman–Crippen LogP) is 3.50. The third-order valence-corrected chi connectivity index (χ3v) is 6.78. The van der Waals surface area contributed by atoms with Crippen LogP contribution in [0.4, 0.5) is 14.9 Å². The van der Waals surface area contributed by atoms with Crippen LogP contribution in [-0.2, 0) is 4.79 Å². The molecule has 32 heavy (non-hydrogen) atoms. The average molecular weight is 438 g/mol. The maximum absolute atomic E-state index is 13.4. The molecule has 0 spiro atoms. The molecular formula is C24H28FN5O2. The van der Waals surface area contributed by atoms with Gasteiger partial charge in [0.25, 0.3) is 0 Å². The fraction of sp³-hybridized carbons (Fsp3) is 0.417. The zero-order valence-corrected chi connectivity index (χ0v) is 18.1. The van der Waals surface area contributed by atoms with Crippen LogP contribution in [-0.4, -0.2) is 40.6 Å². The lowest BCUT2D eigenvalue weighted by Crippen LogP contribution is -2.66. The zero-order valence-electron chi connectivity index (χ0n) is 18.1. The molecule has 2 heterocycles. The van der Waals surface area contributed by atoms with Crippen molar-refractivity contribution in [2.24, 2.45) is 5.92 Å². The number of amides is 3. The molecule has 5 rings (SSSR count). The smallest absolute Gasteiger partial charge is 0.325 e. The second-order valence-electron chi connectivity index (χ2n) is 8.94. The summed E-state index contributed by atoms with van der Waals surface area (Å²) in [6.07, 6.45) is 3.59. The minimum atomic E-state index is -0.293. The Balaban J connectivity index is 1.34. The first kappa shape index (κ1) is 20.9. The first-order chi connectivity index (χ1) is 15.5. The fourth-order valence-corrected chi connectivity index (χ4v) is 5.17. The molecule has 8 heteroatoms. The molecule has 1 aliphatic carbocycles. The maximum atomic E-state index is 13.4. The number of nitrogens with one attached hydrogen (secondary N) is 3. The van der Waals surface area contributed by atoms with Gasteiger partial charge in [0.15, 0.2) is 0 Å². The number of halogens is 1. The van der Waals surface area contributed by atoms with E-state index >= 15 is 0 Å². The summed E-state index contributed by atoms with van der Waals surface area (Å²) in [7, 11) is 0. The van der Waals surface area contributed by atoms with Crippen LogP contribution in [0.5, 0.6) is 0 Å². The van der Waals surface area contributed by atoms with Crippen molar-refractivity contribution in [1.29, 1.82) is 0 Å². The minimum absolute atomic E-state index is 0.0139. The molecule has 0 aromatic heterocycles. The number of carbonyl (C=O) groups excluding carboxylic acids is 2. The van der Waals surface area contributed by atoms with E-state index in [2.05, 4.69) is 16.1 Å². The van der Waals surface area contributed by atoms with Gasteiger partial charge >= 0.3 is 6.03 Å². The fourth-order valence-electron chi connectivity index (χ4n) is 5.17. The van der Waals surface area contributed by atoms with Gasteiger partial charge in [0.2, 0.25) is 5.91 Å². The van der Waals surface area contributed by atoms with Crippen LogP contribution in [0.2, 0.25) is 0 Å². The maximum Gasteiger partial charge on any atom is 0.336 e. The molecule has 7 nitrogen and oxygen atoms in total. The molecule has 3 N–H and O–H groups in total. The molecule has 4 unspecified atom stereocenters. The number of carbonyl (C=O) groups is 2. The van der Waals surface area contributed by atoms with Gasteiger partial charge in [-0.2, -0.15) is 0 Å². The van der Waals surface area contributed by atoms with Gasteiger partial charge in [-0.3, -0.25) is 10.1 Å². The Labute approximate surface area is 186 Å². The number of hydrazine groups is 1. The number of nitrogens with zero attached hydrogens (tertiary/aromatic N) is 2.